The third-order valence-electron chi connectivity index (χ3n) is 6.15. The standard InChI is InChI=1S/C30H18O2/c31-29-23-17-9-7-15-21(23)22-16-8-10-18-24(22)30(32)28(29)27-25(19-11-3-1-4-12-19)26(27)20-13-5-2-6-14-20/h1-18H. The second-order valence-corrected chi connectivity index (χ2v) is 7.98. The van der Waals surface area contributed by atoms with Gasteiger partial charge in [0.2, 0.25) is 0 Å². The van der Waals surface area contributed by atoms with Gasteiger partial charge in [0.05, 0.1) is 5.57 Å². The van der Waals surface area contributed by atoms with Crippen LogP contribution in [0.5, 0.6) is 0 Å². The van der Waals surface area contributed by atoms with Crippen molar-refractivity contribution in [2.24, 2.45) is 0 Å². The largest absolute Gasteiger partial charge is 0.288 e. The Bertz CT molecular complexity index is 1360. The molecule has 0 bridgehead atoms. The quantitative estimate of drug-likeness (QED) is 0.274. The van der Waals surface area contributed by atoms with Crippen molar-refractivity contribution < 1.29 is 9.59 Å². The zero-order valence-electron chi connectivity index (χ0n) is 17.2. The Labute approximate surface area is 186 Å². The Kier molecular flexibility index (Phi) is 4.12. The van der Waals surface area contributed by atoms with Crippen molar-refractivity contribution in [3.05, 3.63) is 143 Å². The van der Waals surface area contributed by atoms with Gasteiger partial charge < -0.3 is 0 Å². The van der Waals surface area contributed by atoms with Crippen molar-refractivity contribution in [3.8, 4) is 11.1 Å². The molecule has 4 aromatic rings. The lowest BCUT2D eigenvalue weighted by Gasteiger charge is -2.06. The molecule has 2 heteroatoms. The number of ketones is 2. The number of fused-ring (bicyclic) bond motifs is 3. The van der Waals surface area contributed by atoms with Crippen LogP contribution >= 0.6 is 0 Å². The Hall–Kier alpha value is -4.30. The molecule has 150 valence electrons. The van der Waals surface area contributed by atoms with Crippen molar-refractivity contribution in [2.45, 2.75) is 0 Å². The lowest BCUT2D eigenvalue weighted by atomic mass is 9.95. The fraction of sp³-hybridized carbons (Fsp3) is 0. The van der Waals surface area contributed by atoms with Crippen LogP contribution in [0, 0.1) is 0 Å². The molecule has 0 radical (unpaired) electrons. The SMILES string of the molecule is O=C1C(=C2C(c3ccccc3)=C2c2ccccc2)C(=O)c2ccccc2-c2ccccc21. The van der Waals surface area contributed by atoms with Crippen molar-refractivity contribution in [1.82, 2.24) is 0 Å². The van der Waals surface area contributed by atoms with Gasteiger partial charge in [-0.25, -0.2) is 0 Å². The van der Waals surface area contributed by atoms with Crippen LogP contribution in [0.25, 0.3) is 22.3 Å². The number of carbonyl (C=O) groups is 2. The Morgan fingerprint density at radius 3 is 1.06 bits per heavy atom. The lowest BCUT2D eigenvalue weighted by Crippen LogP contribution is -2.12. The van der Waals surface area contributed by atoms with Gasteiger partial charge in [0.25, 0.3) is 0 Å². The molecule has 32 heavy (non-hydrogen) atoms. The Morgan fingerprint density at radius 1 is 0.312 bits per heavy atom. The van der Waals surface area contributed by atoms with E-state index in [1.165, 1.54) is 0 Å². The molecule has 0 saturated heterocycles. The van der Waals surface area contributed by atoms with Crippen LogP contribution in [-0.4, -0.2) is 11.6 Å². The molecule has 0 N–H and O–H groups in total. The first kappa shape index (κ1) is 18.5. The fourth-order valence-electron chi connectivity index (χ4n) is 4.66. The Morgan fingerprint density at radius 2 is 0.656 bits per heavy atom. The van der Waals surface area contributed by atoms with Gasteiger partial charge in [-0.15, -0.1) is 0 Å². The third kappa shape index (κ3) is 2.74. The van der Waals surface area contributed by atoms with E-state index in [1.54, 1.807) is 0 Å². The van der Waals surface area contributed by atoms with Crippen LogP contribution in [0.15, 0.2) is 120 Å². The fourth-order valence-corrected chi connectivity index (χ4v) is 4.66. The topological polar surface area (TPSA) is 34.1 Å². The maximum Gasteiger partial charge on any atom is 0.198 e. The first-order valence-corrected chi connectivity index (χ1v) is 10.6. The molecule has 0 amide bonds. The van der Waals surface area contributed by atoms with E-state index in [9.17, 15) is 9.59 Å². The van der Waals surface area contributed by atoms with E-state index >= 15 is 0 Å². The summed E-state index contributed by atoms with van der Waals surface area (Å²) < 4.78 is 0. The highest BCUT2D eigenvalue weighted by Crippen LogP contribution is 2.55. The lowest BCUT2D eigenvalue weighted by molar-refractivity contribution is 0.0965. The molecule has 0 spiro atoms. The molecule has 0 atom stereocenters. The Balaban J connectivity index is 1.64. The highest BCUT2D eigenvalue weighted by Gasteiger charge is 2.41. The third-order valence-corrected chi connectivity index (χ3v) is 6.15. The van der Waals surface area contributed by atoms with Gasteiger partial charge in [0.1, 0.15) is 0 Å². The predicted octanol–water partition coefficient (Wildman–Crippen LogP) is 6.65. The van der Waals surface area contributed by atoms with E-state index in [0.717, 1.165) is 39.0 Å². The summed E-state index contributed by atoms with van der Waals surface area (Å²) in [6, 6.07) is 35.0. The summed E-state index contributed by atoms with van der Waals surface area (Å²) in [6.45, 7) is 0. The molecule has 2 nitrogen and oxygen atoms in total. The summed E-state index contributed by atoms with van der Waals surface area (Å²) >= 11 is 0. The first-order chi connectivity index (χ1) is 15.8. The maximum atomic E-state index is 13.8. The van der Waals surface area contributed by atoms with Gasteiger partial charge in [-0.1, -0.05) is 109 Å². The van der Waals surface area contributed by atoms with Gasteiger partial charge >= 0.3 is 0 Å². The second-order valence-electron chi connectivity index (χ2n) is 7.98. The molecule has 4 aromatic carbocycles. The number of rotatable bonds is 2. The molecular weight excluding hydrogens is 392 g/mol. The van der Waals surface area contributed by atoms with Crippen molar-refractivity contribution in [2.75, 3.05) is 0 Å². The zero-order chi connectivity index (χ0) is 21.7. The zero-order valence-corrected chi connectivity index (χ0v) is 17.2. The molecule has 6 rings (SSSR count). The van der Waals surface area contributed by atoms with E-state index in [4.69, 9.17) is 0 Å². The van der Waals surface area contributed by atoms with Gasteiger partial charge in [-0.05, 0) is 33.4 Å². The molecule has 2 aliphatic carbocycles. The highest BCUT2D eigenvalue weighted by atomic mass is 16.1. The molecule has 0 aliphatic heterocycles. The molecule has 0 saturated carbocycles. The van der Waals surface area contributed by atoms with Crippen LogP contribution in [0.3, 0.4) is 0 Å². The van der Waals surface area contributed by atoms with Crippen molar-refractivity contribution in [1.29, 1.82) is 0 Å². The molecule has 0 fully saturated rings. The minimum atomic E-state index is -0.212. The van der Waals surface area contributed by atoms with Gasteiger partial charge in [-0.2, -0.15) is 0 Å². The van der Waals surface area contributed by atoms with Crippen LogP contribution in [0.1, 0.15) is 31.8 Å². The summed E-state index contributed by atoms with van der Waals surface area (Å²) in [6.07, 6.45) is 0. The van der Waals surface area contributed by atoms with Crippen LogP contribution < -0.4 is 0 Å². The highest BCUT2D eigenvalue weighted by molar-refractivity contribution is 6.42. The summed E-state index contributed by atoms with van der Waals surface area (Å²) in [5.74, 6) is -0.424. The van der Waals surface area contributed by atoms with Gasteiger partial charge in [0.15, 0.2) is 11.6 Å². The number of carbonyl (C=O) groups excluding carboxylic acids is 2. The summed E-state index contributed by atoms with van der Waals surface area (Å²) in [5, 5.41) is 0. The minimum absolute atomic E-state index is 0.212. The van der Waals surface area contributed by atoms with Crippen LogP contribution in [-0.2, 0) is 0 Å². The number of Topliss-reactive ketones (excluding diaryl/α,β-unsaturated/α-hetero) is 2. The number of allylic oxidation sites excluding steroid dienone is 4. The molecule has 0 heterocycles. The van der Waals surface area contributed by atoms with E-state index in [1.807, 2.05) is 109 Å². The van der Waals surface area contributed by atoms with Crippen molar-refractivity contribution in [3.63, 3.8) is 0 Å². The number of hydrogen-bond acceptors (Lipinski definition) is 2. The summed E-state index contributed by atoms with van der Waals surface area (Å²) in [5.41, 5.74) is 7.76. The van der Waals surface area contributed by atoms with Crippen LogP contribution in [0.2, 0.25) is 0 Å². The van der Waals surface area contributed by atoms with Crippen molar-refractivity contribution >= 4 is 22.7 Å². The van der Waals surface area contributed by atoms with E-state index < -0.39 is 0 Å². The van der Waals surface area contributed by atoms with E-state index in [-0.39, 0.29) is 17.1 Å². The monoisotopic (exact) mass is 410 g/mol. The molecule has 0 unspecified atom stereocenters. The minimum Gasteiger partial charge on any atom is -0.288 e. The number of hydrogen-bond donors (Lipinski definition) is 0. The van der Waals surface area contributed by atoms with Gasteiger partial charge in [-0.3, -0.25) is 9.59 Å². The normalized spacial score (nSPS) is 14.8. The second kappa shape index (κ2) is 7.14. The van der Waals surface area contributed by atoms with Gasteiger partial charge in [0, 0.05) is 16.7 Å². The average molecular weight is 410 g/mol. The van der Waals surface area contributed by atoms with Crippen LogP contribution in [0.4, 0.5) is 0 Å². The average Bonchev–Trinajstić information content (AvgIpc) is 3.61. The predicted molar refractivity (Wildman–Crippen MR) is 127 cm³/mol. The molecule has 0 aromatic heterocycles. The number of benzene rings is 4. The maximum absolute atomic E-state index is 13.8. The summed E-state index contributed by atoms with van der Waals surface area (Å²) in [7, 11) is 0. The van der Waals surface area contributed by atoms with E-state index in [0.29, 0.717) is 11.1 Å². The molecule has 2 aliphatic rings. The molecular formula is C30H18O2. The smallest absolute Gasteiger partial charge is 0.198 e. The van der Waals surface area contributed by atoms with E-state index in [2.05, 4.69) is 0 Å². The first-order valence-electron chi connectivity index (χ1n) is 10.6. The summed E-state index contributed by atoms with van der Waals surface area (Å²) in [4.78, 5) is 27.7.